The minimum Gasteiger partial charge on any atom is -0.368 e. The molecule has 1 atom stereocenters. The molecule has 0 spiro atoms. The second-order valence-electron chi connectivity index (χ2n) is 4.51. The maximum absolute atomic E-state index is 13.8. The summed E-state index contributed by atoms with van der Waals surface area (Å²) in [6, 6.07) is 3.30. The van der Waals surface area contributed by atoms with Crippen molar-refractivity contribution in [3.63, 3.8) is 0 Å². The zero-order valence-corrected chi connectivity index (χ0v) is 10.7. The van der Waals surface area contributed by atoms with E-state index in [0.29, 0.717) is 0 Å². The molecule has 0 aromatic heterocycles. The molecule has 1 amide bonds. The average Bonchev–Trinajstić information content (AvgIpc) is 2.30. The summed E-state index contributed by atoms with van der Waals surface area (Å²) in [4.78, 5) is 21.0. The van der Waals surface area contributed by atoms with E-state index in [1.54, 1.807) is 13.8 Å². The SMILES string of the molecule is CC(C)C(NCc1cccc([N+](=O)[O-])c1F)C(N)=O. The van der Waals surface area contributed by atoms with Crippen LogP contribution < -0.4 is 11.1 Å². The van der Waals surface area contributed by atoms with Gasteiger partial charge in [0.1, 0.15) is 0 Å². The highest BCUT2D eigenvalue weighted by Gasteiger charge is 2.21. The van der Waals surface area contributed by atoms with Crippen LogP contribution in [0.4, 0.5) is 10.1 Å². The van der Waals surface area contributed by atoms with E-state index in [0.717, 1.165) is 6.07 Å². The first-order valence-corrected chi connectivity index (χ1v) is 5.79. The van der Waals surface area contributed by atoms with Gasteiger partial charge in [-0.15, -0.1) is 0 Å². The van der Waals surface area contributed by atoms with Crippen molar-refractivity contribution < 1.29 is 14.1 Å². The largest absolute Gasteiger partial charge is 0.368 e. The molecular formula is C12H16FN3O3. The fraction of sp³-hybridized carbons (Fsp3) is 0.417. The van der Waals surface area contributed by atoms with Gasteiger partial charge >= 0.3 is 5.69 Å². The molecule has 1 aromatic rings. The van der Waals surface area contributed by atoms with Gasteiger partial charge in [-0.3, -0.25) is 14.9 Å². The molecule has 6 nitrogen and oxygen atoms in total. The van der Waals surface area contributed by atoms with E-state index in [2.05, 4.69) is 5.32 Å². The van der Waals surface area contributed by atoms with Gasteiger partial charge in [0.15, 0.2) is 0 Å². The highest BCUT2D eigenvalue weighted by Crippen LogP contribution is 2.20. The number of halogens is 1. The third kappa shape index (κ3) is 3.72. The second-order valence-corrected chi connectivity index (χ2v) is 4.51. The van der Waals surface area contributed by atoms with Gasteiger partial charge in [-0.1, -0.05) is 26.0 Å². The maximum atomic E-state index is 13.8. The lowest BCUT2D eigenvalue weighted by Gasteiger charge is -2.19. The standard InChI is InChI=1S/C12H16FN3O3/c1-7(2)11(12(14)17)15-6-8-4-3-5-9(10(8)13)16(18)19/h3-5,7,11,15H,6H2,1-2H3,(H2,14,17). The number of rotatable bonds is 6. The minimum atomic E-state index is -0.896. The van der Waals surface area contributed by atoms with Crippen LogP contribution in [0.2, 0.25) is 0 Å². The van der Waals surface area contributed by atoms with Crippen molar-refractivity contribution in [1.29, 1.82) is 0 Å². The number of hydrogen-bond donors (Lipinski definition) is 2. The summed E-state index contributed by atoms with van der Waals surface area (Å²) in [6.45, 7) is 3.59. The molecule has 0 radical (unpaired) electrons. The van der Waals surface area contributed by atoms with Crippen LogP contribution >= 0.6 is 0 Å². The number of carbonyl (C=O) groups excluding carboxylic acids is 1. The Morgan fingerprint density at radius 1 is 1.53 bits per heavy atom. The van der Waals surface area contributed by atoms with Gasteiger partial charge in [-0.05, 0) is 5.92 Å². The number of carbonyl (C=O) groups is 1. The molecule has 3 N–H and O–H groups in total. The summed E-state index contributed by atoms with van der Waals surface area (Å²) in [5.41, 5.74) is 4.76. The molecule has 0 aliphatic heterocycles. The van der Waals surface area contributed by atoms with Gasteiger partial charge < -0.3 is 11.1 Å². The van der Waals surface area contributed by atoms with Crippen LogP contribution in [0.1, 0.15) is 19.4 Å². The Morgan fingerprint density at radius 2 is 2.16 bits per heavy atom. The number of nitrogens with one attached hydrogen (secondary N) is 1. The summed E-state index contributed by atoms with van der Waals surface area (Å²) in [5.74, 6) is -1.49. The van der Waals surface area contributed by atoms with Crippen molar-refractivity contribution in [3.05, 3.63) is 39.7 Å². The minimum absolute atomic E-state index is 0.000694. The quantitative estimate of drug-likeness (QED) is 0.601. The molecule has 19 heavy (non-hydrogen) atoms. The van der Waals surface area contributed by atoms with E-state index in [4.69, 9.17) is 5.73 Å². The van der Waals surface area contributed by atoms with E-state index >= 15 is 0 Å². The van der Waals surface area contributed by atoms with Gasteiger partial charge in [0.25, 0.3) is 0 Å². The second kappa shape index (κ2) is 6.24. The Balaban J connectivity index is 2.86. The highest BCUT2D eigenvalue weighted by atomic mass is 19.1. The molecule has 0 saturated carbocycles. The Bertz CT molecular complexity index is 491. The Hall–Kier alpha value is -2.02. The number of primary amides is 1. The third-order valence-corrected chi connectivity index (χ3v) is 2.74. The number of hydrogen-bond acceptors (Lipinski definition) is 4. The molecule has 0 saturated heterocycles. The van der Waals surface area contributed by atoms with Gasteiger partial charge in [-0.2, -0.15) is 4.39 Å². The molecule has 0 aliphatic rings. The molecule has 0 bridgehead atoms. The number of nitro benzene ring substituents is 1. The number of benzene rings is 1. The molecule has 0 aliphatic carbocycles. The summed E-state index contributed by atoms with van der Waals surface area (Å²) in [5, 5.41) is 13.4. The van der Waals surface area contributed by atoms with Crippen molar-refractivity contribution in [2.24, 2.45) is 11.7 Å². The van der Waals surface area contributed by atoms with Crippen LogP contribution in [0, 0.1) is 21.8 Å². The summed E-state index contributed by atoms with van der Waals surface area (Å²) in [6.07, 6.45) is 0. The van der Waals surface area contributed by atoms with Crippen LogP contribution in [0.15, 0.2) is 18.2 Å². The van der Waals surface area contributed by atoms with Gasteiger partial charge in [0.05, 0.1) is 11.0 Å². The van der Waals surface area contributed by atoms with E-state index in [9.17, 15) is 19.3 Å². The Morgan fingerprint density at radius 3 is 2.63 bits per heavy atom. The lowest BCUT2D eigenvalue weighted by atomic mass is 10.0. The zero-order chi connectivity index (χ0) is 14.6. The van der Waals surface area contributed by atoms with Crippen LogP contribution in [0.25, 0.3) is 0 Å². The van der Waals surface area contributed by atoms with E-state index < -0.39 is 28.4 Å². The molecule has 1 rings (SSSR count). The van der Waals surface area contributed by atoms with E-state index in [1.807, 2.05) is 0 Å². The zero-order valence-electron chi connectivity index (χ0n) is 10.7. The molecule has 0 heterocycles. The smallest absolute Gasteiger partial charge is 0.305 e. The fourth-order valence-electron chi connectivity index (χ4n) is 1.73. The van der Waals surface area contributed by atoms with Crippen molar-refractivity contribution in [1.82, 2.24) is 5.32 Å². The first-order chi connectivity index (χ1) is 8.84. The van der Waals surface area contributed by atoms with E-state index in [-0.39, 0.29) is 18.0 Å². The first kappa shape index (κ1) is 15.0. The van der Waals surface area contributed by atoms with Gasteiger partial charge in [0.2, 0.25) is 11.7 Å². The van der Waals surface area contributed by atoms with Crippen LogP contribution in [-0.2, 0) is 11.3 Å². The van der Waals surface area contributed by atoms with Crippen molar-refractivity contribution in [3.8, 4) is 0 Å². The summed E-state index contributed by atoms with van der Waals surface area (Å²) < 4.78 is 13.8. The summed E-state index contributed by atoms with van der Waals surface area (Å²) >= 11 is 0. The number of nitro groups is 1. The normalized spacial score (nSPS) is 12.4. The molecule has 1 aromatic carbocycles. The molecule has 7 heteroatoms. The lowest BCUT2D eigenvalue weighted by Crippen LogP contribution is -2.44. The van der Waals surface area contributed by atoms with E-state index in [1.165, 1.54) is 12.1 Å². The number of nitrogens with zero attached hydrogens (tertiary/aromatic N) is 1. The number of amides is 1. The fourth-order valence-corrected chi connectivity index (χ4v) is 1.73. The van der Waals surface area contributed by atoms with Gasteiger partial charge in [-0.25, -0.2) is 0 Å². The van der Waals surface area contributed by atoms with Crippen LogP contribution in [0.3, 0.4) is 0 Å². The van der Waals surface area contributed by atoms with Crippen LogP contribution in [-0.4, -0.2) is 16.9 Å². The maximum Gasteiger partial charge on any atom is 0.305 e. The molecule has 1 unspecified atom stereocenters. The third-order valence-electron chi connectivity index (χ3n) is 2.74. The predicted octanol–water partition coefficient (Wildman–Crippen LogP) is 1.33. The van der Waals surface area contributed by atoms with Crippen molar-refractivity contribution >= 4 is 11.6 Å². The molecule has 0 fully saturated rings. The van der Waals surface area contributed by atoms with Crippen molar-refractivity contribution in [2.75, 3.05) is 0 Å². The van der Waals surface area contributed by atoms with Crippen molar-refractivity contribution in [2.45, 2.75) is 26.4 Å². The molecular weight excluding hydrogens is 253 g/mol. The predicted molar refractivity (Wildman–Crippen MR) is 67.7 cm³/mol. The lowest BCUT2D eigenvalue weighted by molar-refractivity contribution is -0.387. The highest BCUT2D eigenvalue weighted by molar-refractivity contribution is 5.80. The Kier molecular flexibility index (Phi) is 4.94. The number of nitrogens with two attached hydrogens (primary N) is 1. The first-order valence-electron chi connectivity index (χ1n) is 5.79. The topological polar surface area (TPSA) is 98.3 Å². The molecule has 104 valence electrons. The van der Waals surface area contributed by atoms with Gasteiger partial charge in [0, 0.05) is 18.2 Å². The van der Waals surface area contributed by atoms with Crippen LogP contribution in [0.5, 0.6) is 0 Å². The monoisotopic (exact) mass is 269 g/mol. The Labute approximate surface area is 109 Å². The average molecular weight is 269 g/mol. The summed E-state index contributed by atoms with van der Waals surface area (Å²) in [7, 11) is 0.